The van der Waals surface area contributed by atoms with Gasteiger partial charge < -0.3 is 19.3 Å². The normalized spacial score (nSPS) is 10.4. The minimum Gasteiger partial charge on any atom is -0.507 e. The van der Waals surface area contributed by atoms with Crippen molar-refractivity contribution in [1.29, 1.82) is 0 Å². The number of benzene rings is 2. The molecule has 0 unspecified atom stereocenters. The molecule has 0 heterocycles. The second kappa shape index (κ2) is 11.1. The van der Waals surface area contributed by atoms with Gasteiger partial charge in [0, 0.05) is 16.7 Å². The monoisotopic (exact) mass is 398 g/mol. The number of carbonyl (C=O) groups excluding carboxylic acids is 1. The number of rotatable bonds is 12. The number of hydrogen-bond acceptors (Lipinski definition) is 5. The number of aromatic hydroxyl groups is 1. The zero-order valence-electron chi connectivity index (χ0n) is 17.5. The highest BCUT2D eigenvalue weighted by atomic mass is 16.5. The fraction of sp³-hybridized carbons (Fsp3) is 0.375. The van der Waals surface area contributed by atoms with Crippen LogP contribution in [0.15, 0.2) is 36.9 Å². The molecule has 0 fully saturated rings. The van der Waals surface area contributed by atoms with E-state index in [1.807, 2.05) is 32.0 Å². The molecule has 0 spiro atoms. The Balaban J connectivity index is 1.80. The van der Waals surface area contributed by atoms with E-state index >= 15 is 0 Å². The van der Waals surface area contributed by atoms with E-state index in [1.165, 1.54) is 0 Å². The standard InChI is InChI=1S/C24H30O5/c1-5-9-17(2)20-12-13-23(19(4)24(20)26)28-15-7-6-14-27-21-10-8-11-22(18(21)3)29-16-25/h8,10-13,16,26H,2,5-7,9,14-15H2,1,3-4H3. The van der Waals surface area contributed by atoms with Crippen LogP contribution in [0, 0.1) is 13.8 Å². The van der Waals surface area contributed by atoms with Crippen molar-refractivity contribution in [3.05, 3.63) is 53.6 Å². The lowest BCUT2D eigenvalue weighted by Gasteiger charge is -2.15. The first-order chi connectivity index (χ1) is 14.0. The summed E-state index contributed by atoms with van der Waals surface area (Å²) in [7, 11) is 0. The molecule has 0 saturated carbocycles. The fourth-order valence-electron chi connectivity index (χ4n) is 3.06. The molecule has 0 amide bonds. The van der Waals surface area contributed by atoms with Gasteiger partial charge in [-0.3, -0.25) is 4.79 Å². The smallest absolute Gasteiger partial charge is 0.298 e. The Morgan fingerprint density at radius 3 is 2.24 bits per heavy atom. The number of carbonyl (C=O) groups is 1. The van der Waals surface area contributed by atoms with Crippen molar-refractivity contribution < 1.29 is 24.1 Å². The fourth-order valence-corrected chi connectivity index (χ4v) is 3.06. The number of hydrogen-bond donors (Lipinski definition) is 1. The van der Waals surface area contributed by atoms with Crippen LogP contribution in [0.2, 0.25) is 0 Å². The van der Waals surface area contributed by atoms with Crippen molar-refractivity contribution in [2.24, 2.45) is 0 Å². The topological polar surface area (TPSA) is 65.0 Å². The molecule has 0 saturated heterocycles. The minimum absolute atomic E-state index is 0.247. The van der Waals surface area contributed by atoms with Gasteiger partial charge in [0.15, 0.2) is 0 Å². The predicted octanol–water partition coefficient (Wildman–Crippen LogP) is 5.60. The van der Waals surface area contributed by atoms with E-state index in [-0.39, 0.29) is 5.75 Å². The molecule has 0 aliphatic carbocycles. The van der Waals surface area contributed by atoms with Gasteiger partial charge in [-0.15, -0.1) is 0 Å². The summed E-state index contributed by atoms with van der Waals surface area (Å²) in [5.74, 6) is 2.14. The Morgan fingerprint density at radius 1 is 1.00 bits per heavy atom. The molecule has 0 aliphatic rings. The van der Waals surface area contributed by atoms with Gasteiger partial charge in [-0.05, 0) is 62.9 Å². The van der Waals surface area contributed by atoms with E-state index in [1.54, 1.807) is 12.1 Å². The van der Waals surface area contributed by atoms with Crippen LogP contribution < -0.4 is 14.2 Å². The van der Waals surface area contributed by atoms with E-state index in [4.69, 9.17) is 14.2 Å². The van der Waals surface area contributed by atoms with Crippen molar-refractivity contribution in [3.63, 3.8) is 0 Å². The van der Waals surface area contributed by atoms with Crippen molar-refractivity contribution in [2.75, 3.05) is 13.2 Å². The summed E-state index contributed by atoms with van der Waals surface area (Å²) in [6, 6.07) is 9.13. The molecule has 5 heteroatoms. The summed E-state index contributed by atoms with van der Waals surface area (Å²) in [4.78, 5) is 10.5. The molecule has 2 rings (SSSR count). The van der Waals surface area contributed by atoms with Crippen LogP contribution in [0.25, 0.3) is 5.57 Å². The Hall–Kier alpha value is -2.95. The SMILES string of the molecule is C=C(CCC)c1ccc(OCCCCOc2cccc(OC=O)c2C)c(C)c1O. The van der Waals surface area contributed by atoms with Gasteiger partial charge >= 0.3 is 0 Å². The molecular formula is C24H30O5. The summed E-state index contributed by atoms with van der Waals surface area (Å²) in [6.45, 7) is 11.3. The lowest BCUT2D eigenvalue weighted by Crippen LogP contribution is -2.04. The van der Waals surface area contributed by atoms with Crippen molar-refractivity contribution >= 4 is 12.0 Å². The van der Waals surface area contributed by atoms with E-state index in [9.17, 15) is 9.90 Å². The van der Waals surface area contributed by atoms with Crippen LogP contribution >= 0.6 is 0 Å². The number of unbranched alkanes of at least 4 members (excludes halogenated alkanes) is 1. The molecule has 2 aromatic carbocycles. The van der Waals surface area contributed by atoms with Gasteiger partial charge in [0.05, 0.1) is 13.2 Å². The van der Waals surface area contributed by atoms with Crippen molar-refractivity contribution in [2.45, 2.75) is 46.5 Å². The van der Waals surface area contributed by atoms with Crippen LogP contribution in [-0.2, 0) is 4.79 Å². The maximum atomic E-state index is 10.5. The van der Waals surface area contributed by atoms with Crippen LogP contribution in [0.3, 0.4) is 0 Å². The van der Waals surface area contributed by atoms with Gasteiger partial charge in [0.1, 0.15) is 23.0 Å². The molecule has 0 aromatic heterocycles. The quantitative estimate of drug-likeness (QED) is 0.373. The van der Waals surface area contributed by atoms with Crippen LogP contribution in [-0.4, -0.2) is 24.8 Å². The van der Waals surface area contributed by atoms with Crippen molar-refractivity contribution in [1.82, 2.24) is 0 Å². The number of phenols is 1. The number of phenolic OH excluding ortho intramolecular Hbond substituents is 1. The largest absolute Gasteiger partial charge is 0.507 e. The third-order valence-corrected chi connectivity index (χ3v) is 4.78. The summed E-state index contributed by atoms with van der Waals surface area (Å²) < 4.78 is 16.5. The molecule has 0 radical (unpaired) electrons. The highest BCUT2D eigenvalue weighted by Crippen LogP contribution is 2.35. The van der Waals surface area contributed by atoms with Gasteiger partial charge in [-0.2, -0.15) is 0 Å². The van der Waals surface area contributed by atoms with Gasteiger partial charge in [0.2, 0.25) is 0 Å². The van der Waals surface area contributed by atoms with Gasteiger partial charge in [0.25, 0.3) is 6.47 Å². The van der Waals surface area contributed by atoms with Gasteiger partial charge in [-0.25, -0.2) is 0 Å². The van der Waals surface area contributed by atoms with Crippen LogP contribution in [0.5, 0.6) is 23.0 Å². The van der Waals surface area contributed by atoms with E-state index < -0.39 is 0 Å². The molecule has 156 valence electrons. The first kappa shape index (κ1) is 22.3. The Morgan fingerprint density at radius 2 is 1.62 bits per heavy atom. The van der Waals surface area contributed by atoms with Crippen LogP contribution in [0.1, 0.15) is 49.3 Å². The molecule has 5 nitrogen and oxygen atoms in total. The zero-order valence-corrected chi connectivity index (χ0v) is 17.5. The van der Waals surface area contributed by atoms with E-state index in [0.29, 0.717) is 36.9 Å². The Kier molecular flexibility index (Phi) is 8.59. The second-order valence-corrected chi connectivity index (χ2v) is 6.94. The number of ether oxygens (including phenoxy) is 3. The molecule has 29 heavy (non-hydrogen) atoms. The van der Waals surface area contributed by atoms with E-state index in [0.717, 1.165) is 47.9 Å². The number of allylic oxidation sites excluding steroid dienone is 1. The van der Waals surface area contributed by atoms with Crippen molar-refractivity contribution in [3.8, 4) is 23.0 Å². The summed E-state index contributed by atoms with van der Waals surface area (Å²) in [5.41, 5.74) is 3.27. The second-order valence-electron chi connectivity index (χ2n) is 6.94. The third kappa shape index (κ3) is 6.01. The minimum atomic E-state index is 0.247. The highest BCUT2D eigenvalue weighted by molar-refractivity contribution is 5.71. The van der Waals surface area contributed by atoms with Gasteiger partial charge in [-0.1, -0.05) is 26.0 Å². The molecule has 2 aromatic rings. The first-order valence-corrected chi connectivity index (χ1v) is 9.95. The third-order valence-electron chi connectivity index (χ3n) is 4.78. The molecule has 0 atom stereocenters. The summed E-state index contributed by atoms with van der Waals surface area (Å²) in [6.07, 6.45) is 3.48. The molecular weight excluding hydrogens is 368 g/mol. The average Bonchev–Trinajstić information content (AvgIpc) is 2.70. The lowest BCUT2D eigenvalue weighted by atomic mass is 9.99. The average molecular weight is 398 g/mol. The predicted molar refractivity (Wildman–Crippen MR) is 115 cm³/mol. The molecule has 0 bridgehead atoms. The molecule has 0 aliphatic heterocycles. The van der Waals surface area contributed by atoms with E-state index in [2.05, 4.69) is 13.5 Å². The maximum Gasteiger partial charge on any atom is 0.298 e. The highest BCUT2D eigenvalue weighted by Gasteiger charge is 2.12. The first-order valence-electron chi connectivity index (χ1n) is 9.95. The zero-order chi connectivity index (χ0) is 21.2. The summed E-state index contributed by atoms with van der Waals surface area (Å²) in [5, 5.41) is 10.4. The summed E-state index contributed by atoms with van der Waals surface area (Å²) >= 11 is 0. The Labute approximate surface area is 172 Å². The van der Waals surface area contributed by atoms with Crippen LogP contribution in [0.4, 0.5) is 0 Å². The molecule has 1 N–H and O–H groups in total. The Bertz CT molecular complexity index is 841. The lowest BCUT2D eigenvalue weighted by molar-refractivity contribution is -0.120. The maximum absolute atomic E-state index is 10.5.